The summed E-state index contributed by atoms with van der Waals surface area (Å²) in [5.74, 6) is 0.387. The zero-order chi connectivity index (χ0) is 14.6. The van der Waals surface area contributed by atoms with Gasteiger partial charge in [0.25, 0.3) is 0 Å². The first-order valence-electron chi connectivity index (χ1n) is 7.69. The van der Waals surface area contributed by atoms with Gasteiger partial charge in [-0.2, -0.15) is 0 Å². The number of nitrogens with one attached hydrogen (secondary N) is 1. The maximum absolute atomic E-state index is 5.93. The third-order valence-electron chi connectivity index (χ3n) is 4.71. The summed E-state index contributed by atoms with van der Waals surface area (Å²) in [6, 6.07) is 11.1. The van der Waals surface area contributed by atoms with Gasteiger partial charge in [-0.25, -0.2) is 0 Å². The molecule has 0 spiro atoms. The summed E-state index contributed by atoms with van der Waals surface area (Å²) in [5, 5.41) is 3.69. The molecule has 1 aromatic rings. The first kappa shape index (κ1) is 15.5. The molecule has 1 fully saturated rings. The first-order chi connectivity index (χ1) is 9.59. The van der Waals surface area contributed by atoms with E-state index < -0.39 is 0 Å². The third-order valence-corrected chi connectivity index (χ3v) is 4.71. The minimum Gasteiger partial charge on any atom is -0.378 e. The number of hydrogen-bond acceptors (Lipinski definition) is 3. The van der Waals surface area contributed by atoms with Gasteiger partial charge in [0.2, 0.25) is 0 Å². The lowest BCUT2D eigenvalue weighted by Gasteiger charge is -2.52. The van der Waals surface area contributed by atoms with Crippen LogP contribution in [0, 0.1) is 5.41 Å². The van der Waals surface area contributed by atoms with Crippen LogP contribution in [0.25, 0.3) is 0 Å². The second kappa shape index (κ2) is 6.70. The van der Waals surface area contributed by atoms with Gasteiger partial charge < -0.3 is 15.8 Å². The maximum Gasteiger partial charge on any atom is 0.0655 e. The Morgan fingerprint density at radius 3 is 2.60 bits per heavy atom. The number of rotatable bonds is 7. The van der Waals surface area contributed by atoms with Gasteiger partial charge in [-0.1, -0.05) is 44.2 Å². The van der Waals surface area contributed by atoms with Gasteiger partial charge in [-0.3, -0.25) is 0 Å². The van der Waals surface area contributed by atoms with Gasteiger partial charge in [0.15, 0.2) is 0 Å². The normalized spacial score (nSPS) is 26.0. The van der Waals surface area contributed by atoms with E-state index in [4.69, 9.17) is 10.5 Å². The average Bonchev–Trinajstić information content (AvgIpc) is 2.47. The molecule has 1 aromatic carbocycles. The van der Waals surface area contributed by atoms with Crippen molar-refractivity contribution >= 4 is 0 Å². The van der Waals surface area contributed by atoms with Gasteiger partial charge >= 0.3 is 0 Å². The van der Waals surface area contributed by atoms with E-state index in [0.717, 1.165) is 19.6 Å². The Morgan fingerprint density at radius 1 is 1.35 bits per heavy atom. The second-order valence-electron chi connectivity index (χ2n) is 6.31. The molecule has 0 bridgehead atoms. The van der Waals surface area contributed by atoms with E-state index in [1.54, 1.807) is 0 Å². The van der Waals surface area contributed by atoms with Crippen molar-refractivity contribution in [2.45, 2.75) is 45.3 Å². The Bertz CT molecular complexity index is 405. The predicted molar refractivity (Wildman–Crippen MR) is 83.8 cm³/mol. The van der Waals surface area contributed by atoms with E-state index in [2.05, 4.69) is 50.4 Å². The van der Waals surface area contributed by atoms with E-state index in [9.17, 15) is 0 Å². The predicted octanol–water partition coefficient (Wildman–Crippen LogP) is 2.52. The molecule has 2 rings (SSSR count). The fourth-order valence-corrected chi connectivity index (χ4v) is 3.06. The summed E-state index contributed by atoms with van der Waals surface area (Å²) in [6.45, 7) is 9.06. The van der Waals surface area contributed by atoms with Crippen molar-refractivity contribution in [3.8, 4) is 0 Å². The number of ether oxygens (including phenoxy) is 1. The highest BCUT2D eigenvalue weighted by Gasteiger charge is 2.48. The standard InChI is InChI=1S/C17H28N2O/c1-4-20-16-10-15(17(16,2)3)19-12-14(11-18)13-8-6-5-7-9-13/h5-9,14-16,19H,4,10-12,18H2,1-3H3. The molecule has 0 radical (unpaired) electrons. The minimum atomic E-state index is 0.214. The molecule has 0 aliphatic heterocycles. The number of benzene rings is 1. The van der Waals surface area contributed by atoms with Crippen LogP contribution in [0.15, 0.2) is 30.3 Å². The summed E-state index contributed by atoms with van der Waals surface area (Å²) >= 11 is 0. The minimum absolute atomic E-state index is 0.214. The number of nitrogens with two attached hydrogens (primary N) is 1. The summed E-state index contributed by atoms with van der Waals surface area (Å²) in [6.07, 6.45) is 1.49. The zero-order valence-corrected chi connectivity index (χ0v) is 12.9. The Labute approximate surface area is 122 Å². The van der Waals surface area contributed by atoms with Crippen molar-refractivity contribution in [2.24, 2.45) is 11.1 Å². The van der Waals surface area contributed by atoms with Crippen molar-refractivity contribution in [2.75, 3.05) is 19.7 Å². The van der Waals surface area contributed by atoms with Gasteiger partial charge in [-0.15, -0.1) is 0 Å². The maximum atomic E-state index is 5.93. The van der Waals surface area contributed by atoms with E-state index in [0.29, 0.717) is 24.6 Å². The molecule has 112 valence electrons. The van der Waals surface area contributed by atoms with Crippen molar-refractivity contribution in [1.82, 2.24) is 5.32 Å². The van der Waals surface area contributed by atoms with Crippen LogP contribution in [0.3, 0.4) is 0 Å². The highest BCUT2D eigenvalue weighted by molar-refractivity contribution is 5.20. The topological polar surface area (TPSA) is 47.3 Å². The molecule has 3 unspecified atom stereocenters. The molecule has 0 amide bonds. The van der Waals surface area contributed by atoms with Crippen LogP contribution >= 0.6 is 0 Å². The fourth-order valence-electron chi connectivity index (χ4n) is 3.06. The van der Waals surface area contributed by atoms with Crippen molar-refractivity contribution in [1.29, 1.82) is 0 Å². The Kier molecular flexibility index (Phi) is 5.19. The van der Waals surface area contributed by atoms with Crippen LogP contribution in [-0.2, 0) is 4.74 Å². The van der Waals surface area contributed by atoms with Crippen molar-refractivity contribution in [3.05, 3.63) is 35.9 Å². The van der Waals surface area contributed by atoms with E-state index in [-0.39, 0.29) is 5.41 Å². The highest BCUT2D eigenvalue weighted by Crippen LogP contribution is 2.42. The summed E-state index contributed by atoms with van der Waals surface area (Å²) in [7, 11) is 0. The first-order valence-corrected chi connectivity index (χ1v) is 7.69. The fraction of sp³-hybridized carbons (Fsp3) is 0.647. The average molecular weight is 276 g/mol. The lowest BCUT2D eigenvalue weighted by molar-refractivity contribution is -0.114. The van der Waals surface area contributed by atoms with Crippen LogP contribution in [0.5, 0.6) is 0 Å². The zero-order valence-electron chi connectivity index (χ0n) is 12.9. The van der Waals surface area contributed by atoms with Gasteiger partial charge in [-0.05, 0) is 18.9 Å². The van der Waals surface area contributed by atoms with Crippen LogP contribution in [-0.4, -0.2) is 31.8 Å². The molecule has 3 N–H and O–H groups in total. The summed E-state index contributed by atoms with van der Waals surface area (Å²) in [5.41, 5.74) is 7.46. The molecule has 1 aliphatic carbocycles. The molecule has 1 aliphatic rings. The monoisotopic (exact) mass is 276 g/mol. The van der Waals surface area contributed by atoms with E-state index >= 15 is 0 Å². The second-order valence-corrected chi connectivity index (χ2v) is 6.31. The third kappa shape index (κ3) is 3.22. The van der Waals surface area contributed by atoms with Crippen molar-refractivity contribution < 1.29 is 4.74 Å². The van der Waals surface area contributed by atoms with Gasteiger partial charge in [0.1, 0.15) is 0 Å². The smallest absolute Gasteiger partial charge is 0.0655 e. The molecule has 0 heterocycles. The summed E-state index contributed by atoms with van der Waals surface area (Å²) in [4.78, 5) is 0. The molecule has 3 nitrogen and oxygen atoms in total. The van der Waals surface area contributed by atoms with Gasteiger partial charge in [0, 0.05) is 37.1 Å². The van der Waals surface area contributed by atoms with E-state index in [1.807, 2.05) is 6.07 Å². The number of hydrogen-bond donors (Lipinski definition) is 2. The molecule has 0 aromatic heterocycles. The van der Waals surface area contributed by atoms with Crippen LogP contribution in [0.1, 0.15) is 38.7 Å². The van der Waals surface area contributed by atoms with Crippen LogP contribution in [0.4, 0.5) is 0 Å². The largest absolute Gasteiger partial charge is 0.378 e. The Morgan fingerprint density at radius 2 is 2.05 bits per heavy atom. The lowest BCUT2D eigenvalue weighted by Crippen LogP contribution is -2.61. The summed E-state index contributed by atoms with van der Waals surface area (Å²) < 4.78 is 5.78. The molecule has 1 saturated carbocycles. The molecular weight excluding hydrogens is 248 g/mol. The Hall–Kier alpha value is -0.900. The Balaban J connectivity index is 1.86. The SMILES string of the molecule is CCOC1CC(NCC(CN)c2ccccc2)C1(C)C. The van der Waals surface area contributed by atoms with E-state index in [1.165, 1.54) is 5.56 Å². The lowest BCUT2D eigenvalue weighted by atomic mass is 9.64. The van der Waals surface area contributed by atoms with Crippen molar-refractivity contribution in [3.63, 3.8) is 0 Å². The van der Waals surface area contributed by atoms with Crippen LogP contribution in [0.2, 0.25) is 0 Å². The highest BCUT2D eigenvalue weighted by atomic mass is 16.5. The van der Waals surface area contributed by atoms with Gasteiger partial charge in [0.05, 0.1) is 6.10 Å². The van der Waals surface area contributed by atoms with Crippen LogP contribution < -0.4 is 11.1 Å². The molecule has 0 saturated heterocycles. The molecular formula is C17H28N2O. The molecule has 3 heteroatoms. The molecule has 20 heavy (non-hydrogen) atoms. The molecule has 3 atom stereocenters. The quantitative estimate of drug-likeness (QED) is 0.804.